The van der Waals surface area contributed by atoms with Crippen molar-refractivity contribution in [3.63, 3.8) is 0 Å². The van der Waals surface area contributed by atoms with Crippen LogP contribution in [0.15, 0.2) is 170 Å². The molecule has 4 heterocycles. The van der Waals surface area contributed by atoms with Crippen molar-refractivity contribution in [3.8, 4) is 45.0 Å². The number of aromatic nitrogens is 4. The normalized spacial score (nSPS) is 11.6. The van der Waals surface area contributed by atoms with Crippen LogP contribution in [0.1, 0.15) is 0 Å². The number of fused-ring (bicyclic) bond motifs is 11. The third kappa shape index (κ3) is 4.54. The van der Waals surface area contributed by atoms with Gasteiger partial charge in [0.15, 0.2) is 0 Å². The average Bonchev–Trinajstić information content (AvgIpc) is 3.21. The maximum atomic E-state index is 4.73. The van der Waals surface area contributed by atoms with Crippen LogP contribution in [0.5, 0.6) is 0 Å². The highest BCUT2D eigenvalue weighted by molar-refractivity contribution is 6.40. The SMILES string of the molecule is c1ccc(-c2ccc3c4ccc(-c5ccccn5)cc4c4c5cc(-c6ccccn6)ccc5c5ccc(-c6ccccn6)cc5c4c3c2)nc1. The molecule has 4 heteroatoms. The molecule has 0 radical (unpaired) electrons. The van der Waals surface area contributed by atoms with E-state index in [1.54, 1.807) is 0 Å². The predicted octanol–water partition coefficient (Wildman–Crippen LogP) is 11.7. The van der Waals surface area contributed by atoms with Crippen molar-refractivity contribution in [2.24, 2.45) is 0 Å². The third-order valence-electron chi connectivity index (χ3n) is 9.83. The van der Waals surface area contributed by atoms with Gasteiger partial charge in [-0.3, -0.25) is 19.9 Å². The van der Waals surface area contributed by atoms with E-state index >= 15 is 0 Å². The minimum absolute atomic E-state index is 0.949. The van der Waals surface area contributed by atoms with Gasteiger partial charge >= 0.3 is 0 Å². The van der Waals surface area contributed by atoms with Gasteiger partial charge in [0, 0.05) is 47.0 Å². The van der Waals surface area contributed by atoms with Crippen LogP contribution >= 0.6 is 0 Å². The van der Waals surface area contributed by atoms with Gasteiger partial charge in [-0.2, -0.15) is 0 Å². The van der Waals surface area contributed by atoms with Gasteiger partial charge in [0.1, 0.15) is 0 Å². The van der Waals surface area contributed by atoms with Gasteiger partial charge in [-0.15, -0.1) is 0 Å². The highest BCUT2D eigenvalue weighted by Gasteiger charge is 2.19. The van der Waals surface area contributed by atoms with Gasteiger partial charge in [0.05, 0.1) is 22.8 Å². The van der Waals surface area contributed by atoms with Gasteiger partial charge in [0.2, 0.25) is 0 Å². The molecule has 10 aromatic rings. The fourth-order valence-electron chi connectivity index (χ4n) is 7.54. The summed E-state index contributed by atoms with van der Waals surface area (Å²) >= 11 is 0. The summed E-state index contributed by atoms with van der Waals surface area (Å²) in [6.45, 7) is 0. The first kappa shape index (κ1) is 28.3. The summed E-state index contributed by atoms with van der Waals surface area (Å²) in [5, 5.41) is 12.0. The number of pyridine rings is 4. The molecule has 232 valence electrons. The van der Waals surface area contributed by atoms with E-state index in [4.69, 9.17) is 19.9 Å². The zero-order valence-corrected chi connectivity index (χ0v) is 27.0. The first-order valence-corrected chi connectivity index (χ1v) is 16.8. The van der Waals surface area contributed by atoms with Crippen LogP contribution in [-0.4, -0.2) is 19.9 Å². The minimum atomic E-state index is 0.949. The Morgan fingerprint density at radius 1 is 0.240 bits per heavy atom. The molecule has 0 spiro atoms. The van der Waals surface area contributed by atoms with Crippen LogP contribution in [0, 0.1) is 0 Å². The Kier molecular flexibility index (Phi) is 6.46. The average molecular weight is 637 g/mol. The van der Waals surface area contributed by atoms with Gasteiger partial charge < -0.3 is 0 Å². The Morgan fingerprint density at radius 2 is 0.500 bits per heavy atom. The van der Waals surface area contributed by atoms with Crippen molar-refractivity contribution in [1.82, 2.24) is 19.9 Å². The summed E-state index contributed by atoms with van der Waals surface area (Å²) in [5.74, 6) is 0. The minimum Gasteiger partial charge on any atom is -0.256 e. The molecule has 50 heavy (non-hydrogen) atoms. The molecule has 6 aromatic carbocycles. The second kappa shape index (κ2) is 11.4. The summed E-state index contributed by atoms with van der Waals surface area (Å²) in [5.41, 5.74) is 8.13. The maximum absolute atomic E-state index is 4.73. The number of benzene rings is 6. The predicted molar refractivity (Wildman–Crippen MR) is 207 cm³/mol. The van der Waals surface area contributed by atoms with Gasteiger partial charge in [-0.05, 0) is 127 Å². The number of rotatable bonds is 4. The van der Waals surface area contributed by atoms with Crippen molar-refractivity contribution >= 4 is 53.9 Å². The topological polar surface area (TPSA) is 51.6 Å². The number of hydrogen-bond acceptors (Lipinski definition) is 4. The van der Waals surface area contributed by atoms with Crippen LogP contribution in [0.2, 0.25) is 0 Å². The van der Waals surface area contributed by atoms with E-state index in [-0.39, 0.29) is 0 Å². The Balaban J connectivity index is 1.44. The molecule has 0 aliphatic rings. The summed E-state index contributed by atoms with van der Waals surface area (Å²) < 4.78 is 0. The van der Waals surface area contributed by atoms with Crippen molar-refractivity contribution < 1.29 is 0 Å². The van der Waals surface area contributed by atoms with E-state index < -0.39 is 0 Å². The number of hydrogen-bond donors (Lipinski definition) is 0. The smallest absolute Gasteiger partial charge is 0.0702 e. The van der Waals surface area contributed by atoms with Gasteiger partial charge in [0.25, 0.3) is 0 Å². The van der Waals surface area contributed by atoms with E-state index in [1.807, 2.05) is 73.3 Å². The molecule has 0 aliphatic heterocycles. The van der Waals surface area contributed by atoms with E-state index in [0.717, 1.165) is 45.0 Å². The molecule has 0 bridgehead atoms. The molecule has 0 saturated carbocycles. The Hall–Kier alpha value is -6.78. The first-order valence-electron chi connectivity index (χ1n) is 16.8. The molecule has 0 atom stereocenters. The Bertz CT molecular complexity index is 2490. The standard InChI is InChI=1S/C46H28N4/c1-5-21-47-41(9-1)29-13-17-33-34-18-14-31(43-11-3-7-23-49-43)27-39(34)46-40-28-32(44-12-4-8-24-50-44)16-20-36(40)35-19-15-30(42-10-2-6-22-48-42)26-38(35)45(46)37(33)25-29/h1-28H. The summed E-state index contributed by atoms with van der Waals surface area (Å²) in [4.78, 5) is 18.9. The molecule has 0 aliphatic carbocycles. The van der Waals surface area contributed by atoms with Gasteiger partial charge in [-0.25, -0.2) is 0 Å². The zero-order valence-electron chi connectivity index (χ0n) is 27.0. The molecule has 4 nitrogen and oxygen atoms in total. The van der Waals surface area contributed by atoms with Crippen LogP contribution in [0.3, 0.4) is 0 Å². The fraction of sp³-hybridized carbons (Fsp3) is 0. The van der Waals surface area contributed by atoms with Crippen LogP contribution in [-0.2, 0) is 0 Å². The zero-order chi connectivity index (χ0) is 33.0. The second-order valence-electron chi connectivity index (χ2n) is 12.7. The monoisotopic (exact) mass is 636 g/mol. The molecule has 4 aromatic heterocycles. The molecule has 0 N–H and O–H groups in total. The van der Waals surface area contributed by atoms with Crippen molar-refractivity contribution in [1.29, 1.82) is 0 Å². The highest BCUT2D eigenvalue weighted by Crippen LogP contribution is 2.46. The van der Waals surface area contributed by atoms with E-state index in [1.165, 1.54) is 53.9 Å². The van der Waals surface area contributed by atoms with Crippen molar-refractivity contribution in [2.75, 3.05) is 0 Å². The highest BCUT2D eigenvalue weighted by atomic mass is 14.7. The molecule has 0 unspecified atom stereocenters. The third-order valence-corrected chi connectivity index (χ3v) is 9.83. The molecule has 0 fully saturated rings. The van der Waals surface area contributed by atoms with Crippen LogP contribution in [0.25, 0.3) is 98.9 Å². The lowest BCUT2D eigenvalue weighted by molar-refractivity contribution is 1.33. The molecular weight excluding hydrogens is 609 g/mol. The lowest BCUT2D eigenvalue weighted by Crippen LogP contribution is -1.92. The Morgan fingerprint density at radius 3 is 0.720 bits per heavy atom. The van der Waals surface area contributed by atoms with E-state index in [2.05, 4.69) is 97.1 Å². The lowest BCUT2D eigenvalue weighted by Gasteiger charge is -2.19. The molecule has 0 saturated heterocycles. The largest absolute Gasteiger partial charge is 0.256 e. The summed E-state index contributed by atoms with van der Waals surface area (Å²) in [6.07, 6.45) is 7.44. The molecular formula is C46H28N4. The summed E-state index contributed by atoms with van der Waals surface area (Å²) in [7, 11) is 0. The fourth-order valence-corrected chi connectivity index (χ4v) is 7.54. The van der Waals surface area contributed by atoms with Crippen LogP contribution in [0.4, 0.5) is 0 Å². The quantitative estimate of drug-likeness (QED) is 0.180. The Labute approximate surface area is 288 Å². The van der Waals surface area contributed by atoms with Gasteiger partial charge in [-0.1, -0.05) is 72.8 Å². The molecule has 0 amide bonds. The molecule has 10 rings (SSSR count). The first-order chi connectivity index (χ1) is 24.8. The number of nitrogens with zero attached hydrogens (tertiary/aromatic N) is 4. The van der Waals surface area contributed by atoms with E-state index in [9.17, 15) is 0 Å². The van der Waals surface area contributed by atoms with Crippen molar-refractivity contribution in [2.45, 2.75) is 0 Å². The second-order valence-corrected chi connectivity index (χ2v) is 12.7. The summed E-state index contributed by atoms with van der Waals surface area (Å²) in [6, 6.07) is 51.5. The maximum Gasteiger partial charge on any atom is 0.0702 e. The van der Waals surface area contributed by atoms with Crippen LogP contribution < -0.4 is 0 Å². The van der Waals surface area contributed by atoms with E-state index in [0.29, 0.717) is 0 Å². The lowest BCUT2D eigenvalue weighted by atomic mass is 9.84. The van der Waals surface area contributed by atoms with Crippen molar-refractivity contribution in [3.05, 3.63) is 170 Å².